The molecule has 0 saturated carbocycles. The summed E-state index contributed by atoms with van der Waals surface area (Å²) in [7, 11) is 3.54. The van der Waals surface area contributed by atoms with Crippen LogP contribution in [0.2, 0.25) is 0 Å². The molecular weight excluding hydrogens is 236 g/mol. The van der Waals surface area contributed by atoms with E-state index in [1.54, 1.807) is 19.0 Å². The van der Waals surface area contributed by atoms with E-state index >= 15 is 0 Å². The molecule has 0 aromatic heterocycles. The van der Waals surface area contributed by atoms with Crippen LogP contribution in [-0.4, -0.2) is 24.9 Å². The van der Waals surface area contributed by atoms with E-state index in [1.807, 2.05) is 60.7 Å². The van der Waals surface area contributed by atoms with Crippen LogP contribution in [0.4, 0.5) is 5.69 Å². The Bertz CT molecular complexity index is 523. The second-order valence-electron chi connectivity index (χ2n) is 4.59. The predicted octanol–water partition coefficient (Wildman–Crippen LogP) is 2.93. The topological polar surface area (TPSA) is 32.3 Å². The zero-order valence-electron chi connectivity index (χ0n) is 11.2. The van der Waals surface area contributed by atoms with Crippen molar-refractivity contribution in [2.45, 2.75) is 6.04 Å². The van der Waals surface area contributed by atoms with Crippen LogP contribution in [0.15, 0.2) is 60.7 Å². The van der Waals surface area contributed by atoms with Gasteiger partial charge in [0.1, 0.15) is 6.04 Å². The molecule has 1 N–H and O–H groups in total. The van der Waals surface area contributed by atoms with E-state index in [2.05, 4.69) is 5.32 Å². The van der Waals surface area contributed by atoms with Crippen LogP contribution in [0.5, 0.6) is 0 Å². The van der Waals surface area contributed by atoms with Gasteiger partial charge in [-0.2, -0.15) is 0 Å². The van der Waals surface area contributed by atoms with Gasteiger partial charge in [0, 0.05) is 19.8 Å². The van der Waals surface area contributed by atoms with Crippen molar-refractivity contribution in [3.05, 3.63) is 66.2 Å². The predicted molar refractivity (Wildman–Crippen MR) is 77.9 cm³/mol. The van der Waals surface area contributed by atoms with Crippen molar-refractivity contribution in [2.24, 2.45) is 0 Å². The minimum absolute atomic E-state index is 0.0371. The Labute approximate surface area is 113 Å². The molecule has 2 aromatic carbocycles. The average Bonchev–Trinajstić information content (AvgIpc) is 2.46. The first-order valence-corrected chi connectivity index (χ1v) is 6.26. The summed E-state index contributed by atoms with van der Waals surface area (Å²) in [6.07, 6.45) is 0. The molecule has 19 heavy (non-hydrogen) atoms. The summed E-state index contributed by atoms with van der Waals surface area (Å²) < 4.78 is 0. The highest BCUT2D eigenvalue weighted by Crippen LogP contribution is 2.20. The van der Waals surface area contributed by atoms with Crippen molar-refractivity contribution in [3.63, 3.8) is 0 Å². The third-order valence-electron chi connectivity index (χ3n) is 2.91. The van der Waals surface area contributed by atoms with Gasteiger partial charge in [0.25, 0.3) is 0 Å². The van der Waals surface area contributed by atoms with Crippen molar-refractivity contribution in [3.8, 4) is 0 Å². The van der Waals surface area contributed by atoms with Gasteiger partial charge >= 0.3 is 0 Å². The molecule has 0 spiro atoms. The number of nitrogens with zero attached hydrogens (tertiary/aromatic N) is 1. The van der Waals surface area contributed by atoms with Crippen LogP contribution in [0, 0.1) is 0 Å². The van der Waals surface area contributed by atoms with Gasteiger partial charge in [-0.3, -0.25) is 4.79 Å². The third kappa shape index (κ3) is 3.35. The molecule has 2 rings (SSSR count). The molecule has 0 aliphatic carbocycles. The number of rotatable bonds is 4. The van der Waals surface area contributed by atoms with Crippen LogP contribution < -0.4 is 5.32 Å². The lowest BCUT2D eigenvalue weighted by Crippen LogP contribution is -2.32. The maximum absolute atomic E-state index is 12.3. The number of hydrogen-bond acceptors (Lipinski definition) is 2. The SMILES string of the molecule is CN(C)C(=O)C(Nc1ccccc1)c1ccccc1. The summed E-state index contributed by atoms with van der Waals surface area (Å²) in [6.45, 7) is 0. The first-order valence-electron chi connectivity index (χ1n) is 6.26. The monoisotopic (exact) mass is 254 g/mol. The lowest BCUT2D eigenvalue weighted by molar-refractivity contribution is -0.129. The summed E-state index contributed by atoms with van der Waals surface area (Å²) in [6, 6.07) is 19.2. The van der Waals surface area contributed by atoms with E-state index in [1.165, 1.54) is 0 Å². The molecule has 1 unspecified atom stereocenters. The molecule has 3 heteroatoms. The van der Waals surface area contributed by atoms with Gasteiger partial charge in [0.15, 0.2) is 0 Å². The van der Waals surface area contributed by atoms with E-state index in [0.29, 0.717) is 0 Å². The first kappa shape index (κ1) is 13.1. The maximum atomic E-state index is 12.3. The van der Waals surface area contributed by atoms with Gasteiger partial charge in [-0.15, -0.1) is 0 Å². The molecule has 0 aliphatic rings. The fraction of sp³-hybridized carbons (Fsp3) is 0.188. The minimum atomic E-state index is -0.362. The molecule has 1 amide bonds. The van der Waals surface area contributed by atoms with Gasteiger partial charge < -0.3 is 10.2 Å². The lowest BCUT2D eigenvalue weighted by Gasteiger charge is -2.23. The number of likely N-dealkylation sites (N-methyl/N-ethyl adjacent to an activating group) is 1. The van der Waals surface area contributed by atoms with Gasteiger partial charge in [-0.05, 0) is 17.7 Å². The van der Waals surface area contributed by atoms with E-state index in [9.17, 15) is 4.79 Å². The standard InChI is InChI=1S/C16H18N2O/c1-18(2)16(19)15(13-9-5-3-6-10-13)17-14-11-7-4-8-12-14/h3-12,15,17H,1-2H3. The number of para-hydroxylation sites is 1. The van der Waals surface area contributed by atoms with Crippen molar-refractivity contribution in [1.29, 1.82) is 0 Å². The van der Waals surface area contributed by atoms with Crippen molar-refractivity contribution >= 4 is 11.6 Å². The molecule has 3 nitrogen and oxygen atoms in total. The van der Waals surface area contributed by atoms with E-state index in [4.69, 9.17) is 0 Å². The van der Waals surface area contributed by atoms with Crippen LogP contribution in [0.25, 0.3) is 0 Å². The second kappa shape index (κ2) is 6.05. The number of hydrogen-bond donors (Lipinski definition) is 1. The number of benzene rings is 2. The van der Waals surface area contributed by atoms with Crippen LogP contribution in [0.1, 0.15) is 11.6 Å². The summed E-state index contributed by atoms with van der Waals surface area (Å²) >= 11 is 0. The molecule has 0 radical (unpaired) electrons. The van der Waals surface area contributed by atoms with Gasteiger partial charge in [-0.25, -0.2) is 0 Å². The Balaban J connectivity index is 2.28. The van der Waals surface area contributed by atoms with Gasteiger partial charge in [-0.1, -0.05) is 48.5 Å². The third-order valence-corrected chi connectivity index (χ3v) is 2.91. The Morgan fingerprint density at radius 2 is 1.47 bits per heavy atom. The van der Waals surface area contributed by atoms with E-state index < -0.39 is 0 Å². The quantitative estimate of drug-likeness (QED) is 0.909. The highest BCUT2D eigenvalue weighted by atomic mass is 16.2. The fourth-order valence-corrected chi connectivity index (χ4v) is 1.89. The number of amides is 1. The van der Waals surface area contributed by atoms with Crippen LogP contribution in [-0.2, 0) is 4.79 Å². The van der Waals surface area contributed by atoms with Crippen LogP contribution in [0.3, 0.4) is 0 Å². The molecule has 0 bridgehead atoms. The number of carbonyl (C=O) groups excluding carboxylic acids is 1. The zero-order valence-corrected chi connectivity index (χ0v) is 11.2. The van der Waals surface area contributed by atoms with E-state index in [0.717, 1.165) is 11.3 Å². The van der Waals surface area contributed by atoms with Crippen LogP contribution >= 0.6 is 0 Å². The summed E-state index contributed by atoms with van der Waals surface area (Å²) in [5, 5.41) is 3.29. The van der Waals surface area contributed by atoms with Gasteiger partial charge in [0.05, 0.1) is 0 Å². The highest BCUT2D eigenvalue weighted by Gasteiger charge is 2.21. The highest BCUT2D eigenvalue weighted by molar-refractivity contribution is 5.85. The zero-order chi connectivity index (χ0) is 13.7. The number of anilines is 1. The Hall–Kier alpha value is -2.29. The smallest absolute Gasteiger partial charge is 0.249 e. The minimum Gasteiger partial charge on any atom is -0.370 e. The largest absolute Gasteiger partial charge is 0.370 e. The molecule has 0 aliphatic heterocycles. The molecular formula is C16H18N2O. The Morgan fingerprint density at radius 1 is 0.947 bits per heavy atom. The molecule has 98 valence electrons. The van der Waals surface area contributed by atoms with E-state index in [-0.39, 0.29) is 11.9 Å². The first-order chi connectivity index (χ1) is 9.18. The Kier molecular flexibility index (Phi) is 4.18. The molecule has 0 heterocycles. The van der Waals surface area contributed by atoms with Gasteiger partial charge in [0.2, 0.25) is 5.91 Å². The normalized spacial score (nSPS) is 11.7. The average molecular weight is 254 g/mol. The molecule has 2 aromatic rings. The fourth-order valence-electron chi connectivity index (χ4n) is 1.89. The second-order valence-corrected chi connectivity index (χ2v) is 4.59. The summed E-state index contributed by atoms with van der Waals surface area (Å²) in [5.41, 5.74) is 1.90. The Morgan fingerprint density at radius 3 is 2.00 bits per heavy atom. The summed E-state index contributed by atoms with van der Waals surface area (Å²) in [5.74, 6) is 0.0371. The molecule has 1 atom stereocenters. The summed E-state index contributed by atoms with van der Waals surface area (Å²) in [4.78, 5) is 13.9. The van der Waals surface area contributed by atoms with Crippen molar-refractivity contribution in [1.82, 2.24) is 4.90 Å². The number of nitrogens with one attached hydrogen (secondary N) is 1. The van der Waals surface area contributed by atoms with Crippen molar-refractivity contribution in [2.75, 3.05) is 19.4 Å². The maximum Gasteiger partial charge on any atom is 0.249 e. The number of carbonyl (C=O) groups is 1. The van der Waals surface area contributed by atoms with Crippen molar-refractivity contribution < 1.29 is 4.79 Å². The molecule has 0 saturated heterocycles. The molecule has 0 fully saturated rings. The lowest BCUT2D eigenvalue weighted by atomic mass is 10.1.